The number of thioether (sulfide) groups is 1. The molecular weight excluding hydrogens is 218 g/mol. The maximum Gasteiger partial charge on any atom is 0.236 e. The van der Waals surface area contributed by atoms with Crippen LogP contribution in [0, 0.1) is 0 Å². The van der Waals surface area contributed by atoms with Crippen LogP contribution >= 0.6 is 11.8 Å². The van der Waals surface area contributed by atoms with Crippen LogP contribution < -0.4 is 4.90 Å². The van der Waals surface area contributed by atoms with Crippen LogP contribution in [0.2, 0.25) is 0 Å². The fourth-order valence-electron chi connectivity index (χ4n) is 1.17. The fraction of sp³-hybridized carbons (Fsp3) is 0.462. The number of nitrogens with zero attached hydrogens (tertiary/aromatic N) is 1. The third-order valence-electron chi connectivity index (χ3n) is 2.15. The fourth-order valence-corrected chi connectivity index (χ4v) is 1.92. The van der Waals surface area contributed by atoms with Gasteiger partial charge in [0.05, 0.1) is 5.75 Å². The summed E-state index contributed by atoms with van der Waals surface area (Å²) < 4.78 is 0.132. The van der Waals surface area contributed by atoms with E-state index in [0.29, 0.717) is 5.75 Å². The van der Waals surface area contributed by atoms with Crippen LogP contribution in [-0.4, -0.2) is 23.5 Å². The molecule has 0 aliphatic carbocycles. The lowest BCUT2D eigenvalue weighted by Gasteiger charge is -2.21. The molecule has 0 fully saturated rings. The van der Waals surface area contributed by atoms with Crippen LogP contribution in [0.1, 0.15) is 20.8 Å². The molecule has 0 bridgehead atoms. The summed E-state index contributed by atoms with van der Waals surface area (Å²) in [6.07, 6.45) is 0. The number of carbonyl (C=O) groups is 1. The van der Waals surface area contributed by atoms with Crippen molar-refractivity contribution in [2.75, 3.05) is 17.7 Å². The average Bonchev–Trinajstić information content (AvgIpc) is 2.25. The number of amides is 1. The van der Waals surface area contributed by atoms with Crippen molar-refractivity contribution in [2.45, 2.75) is 25.5 Å². The van der Waals surface area contributed by atoms with Crippen molar-refractivity contribution >= 4 is 23.4 Å². The summed E-state index contributed by atoms with van der Waals surface area (Å²) in [5.41, 5.74) is 0.946. The van der Waals surface area contributed by atoms with Gasteiger partial charge in [0.1, 0.15) is 0 Å². The predicted octanol–water partition coefficient (Wildman–Crippen LogP) is 3.18. The highest BCUT2D eigenvalue weighted by Crippen LogP contribution is 2.24. The Morgan fingerprint density at radius 3 is 2.31 bits per heavy atom. The van der Waals surface area contributed by atoms with Gasteiger partial charge in [0, 0.05) is 17.5 Å². The topological polar surface area (TPSA) is 20.3 Å². The Balaban J connectivity index is 2.55. The number of hydrogen-bond acceptors (Lipinski definition) is 2. The van der Waals surface area contributed by atoms with Gasteiger partial charge >= 0.3 is 0 Å². The Morgan fingerprint density at radius 1 is 1.25 bits per heavy atom. The largest absolute Gasteiger partial charge is 0.315 e. The highest BCUT2D eigenvalue weighted by atomic mass is 32.2. The first kappa shape index (κ1) is 13.1. The molecule has 0 heterocycles. The minimum Gasteiger partial charge on any atom is -0.315 e. The van der Waals surface area contributed by atoms with Crippen molar-refractivity contribution in [2.24, 2.45) is 0 Å². The summed E-state index contributed by atoms with van der Waals surface area (Å²) >= 11 is 1.67. The molecule has 0 aliphatic rings. The van der Waals surface area contributed by atoms with E-state index in [0.717, 1.165) is 5.69 Å². The highest BCUT2D eigenvalue weighted by molar-refractivity contribution is 8.01. The number of anilines is 1. The Labute approximate surface area is 102 Å². The van der Waals surface area contributed by atoms with Gasteiger partial charge in [-0.25, -0.2) is 0 Å². The Morgan fingerprint density at radius 2 is 1.81 bits per heavy atom. The molecule has 0 saturated heterocycles. The first-order valence-corrected chi connectivity index (χ1v) is 6.34. The lowest BCUT2D eigenvalue weighted by molar-refractivity contribution is -0.115. The molecule has 0 unspecified atom stereocenters. The zero-order valence-electron chi connectivity index (χ0n) is 10.4. The molecule has 88 valence electrons. The number of rotatable bonds is 3. The van der Waals surface area contributed by atoms with Crippen LogP contribution in [0.25, 0.3) is 0 Å². The monoisotopic (exact) mass is 237 g/mol. The van der Waals surface area contributed by atoms with E-state index in [1.54, 1.807) is 16.7 Å². The molecule has 1 aromatic rings. The third-order valence-corrected chi connectivity index (χ3v) is 3.40. The van der Waals surface area contributed by atoms with Crippen molar-refractivity contribution in [1.29, 1.82) is 0 Å². The number of hydrogen-bond donors (Lipinski definition) is 0. The molecule has 0 N–H and O–H groups in total. The summed E-state index contributed by atoms with van der Waals surface area (Å²) in [7, 11) is 1.82. The second-order valence-electron chi connectivity index (χ2n) is 4.69. The van der Waals surface area contributed by atoms with E-state index in [1.165, 1.54) is 0 Å². The first-order valence-electron chi connectivity index (χ1n) is 5.36. The lowest BCUT2D eigenvalue weighted by Crippen LogP contribution is -2.29. The molecule has 1 amide bonds. The van der Waals surface area contributed by atoms with Crippen molar-refractivity contribution in [3.05, 3.63) is 30.3 Å². The van der Waals surface area contributed by atoms with Crippen LogP contribution in [0.5, 0.6) is 0 Å². The number of para-hydroxylation sites is 1. The average molecular weight is 237 g/mol. The molecule has 0 aliphatic heterocycles. The zero-order valence-corrected chi connectivity index (χ0v) is 11.2. The summed E-state index contributed by atoms with van der Waals surface area (Å²) in [5.74, 6) is 0.667. The van der Waals surface area contributed by atoms with Crippen LogP contribution in [0.3, 0.4) is 0 Å². The molecule has 0 spiro atoms. The summed E-state index contributed by atoms with van der Waals surface area (Å²) in [5, 5.41) is 0. The normalized spacial score (nSPS) is 11.2. The van der Waals surface area contributed by atoms with E-state index in [-0.39, 0.29) is 10.7 Å². The maximum atomic E-state index is 11.9. The molecule has 1 aromatic carbocycles. The molecule has 0 radical (unpaired) electrons. The summed E-state index contributed by atoms with van der Waals surface area (Å²) in [6.45, 7) is 6.36. The zero-order chi connectivity index (χ0) is 12.2. The van der Waals surface area contributed by atoms with Gasteiger partial charge in [-0.05, 0) is 12.1 Å². The van der Waals surface area contributed by atoms with E-state index in [9.17, 15) is 4.79 Å². The van der Waals surface area contributed by atoms with Crippen molar-refractivity contribution in [1.82, 2.24) is 0 Å². The molecule has 0 saturated carbocycles. The van der Waals surface area contributed by atoms with Gasteiger partial charge in [-0.15, -0.1) is 11.8 Å². The second-order valence-corrected chi connectivity index (χ2v) is 6.49. The standard InChI is InChI=1S/C13H19NOS/c1-13(2,3)16-10-12(15)14(4)11-8-6-5-7-9-11/h5-9H,10H2,1-4H3. The van der Waals surface area contributed by atoms with Crippen LogP contribution in [0.15, 0.2) is 30.3 Å². The van der Waals surface area contributed by atoms with E-state index in [1.807, 2.05) is 37.4 Å². The molecular formula is C13H19NOS. The summed E-state index contributed by atoms with van der Waals surface area (Å²) in [6, 6.07) is 9.72. The SMILES string of the molecule is CN(C(=O)CSC(C)(C)C)c1ccccc1. The molecule has 0 aromatic heterocycles. The number of benzene rings is 1. The molecule has 0 atom stereocenters. The first-order chi connectivity index (χ1) is 7.40. The quantitative estimate of drug-likeness (QED) is 0.804. The van der Waals surface area contributed by atoms with Gasteiger partial charge in [0.25, 0.3) is 0 Å². The Bertz CT molecular complexity index is 343. The Kier molecular flexibility index (Phi) is 4.42. The van der Waals surface area contributed by atoms with Crippen LogP contribution in [-0.2, 0) is 4.79 Å². The molecule has 3 heteroatoms. The smallest absolute Gasteiger partial charge is 0.236 e. The van der Waals surface area contributed by atoms with Gasteiger partial charge < -0.3 is 4.90 Å². The van der Waals surface area contributed by atoms with Crippen molar-refractivity contribution < 1.29 is 4.79 Å². The van der Waals surface area contributed by atoms with Gasteiger partial charge in [0.2, 0.25) is 5.91 Å². The van der Waals surface area contributed by atoms with Gasteiger partial charge in [-0.3, -0.25) is 4.79 Å². The second kappa shape index (κ2) is 5.39. The molecule has 2 nitrogen and oxygen atoms in total. The van der Waals surface area contributed by atoms with E-state index in [2.05, 4.69) is 20.8 Å². The van der Waals surface area contributed by atoms with Gasteiger partial charge in [-0.2, -0.15) is 0 Å². The lowest BCUT2D eigenvalue weighted by atomic mass is 10.3. The molecule has 16 heavy (non-hydrogen) atoms. The molecule has 1 rings (SSSR count). The van der Waals surface area contributed by atoms with E-state index in [4.69, 9.17) is 0 Å². The van der Waals surface area contributed by atoms with Crippen molar-refractivity contribution in [3.8, 4) is 0 Å². The number of carbonyl (C=O) groups excluding carboxylic acids is 1. The minimum atomic E-state index is 0.132. The Hall–Kier alpha value is -0.960. The van der Waals surface area contributed by atoms with Crippen LogP contribution in [0.4, 0.5) is 5.69 Å². The van der Waals surface area contributed by atoms with Gasteiger partial charge in [-0.1, -0.05) is 39.0 Å². The highest BCUT2D eigenvalue weighted by Gasteiger charge is 2.16. The summed E-state index contributed by atoms with van der Waals surface area (Å²) in [4.78, 5) is 13.6. The minimum absolute atomic E-state index is 0.132. The van der Waals surface area contributed by atoms with E-state index >= 15 is 0 Å². The van der Waals surface area contributed by atoms with Crippen molar-refractivity contribution in [3.63, 3.8) is 0 Å². The predicted molar refractivity (Wildman–Crippen MR) is 72.1 cm³/mol. The van der Waals surface area contributed by atoms with Gasteiger partial charge in [0.15, 0.2) is 0 Å². The van der Waals surface area contributed by atoms with E-state index < -0.39 is 0 Å². The maximum absolute atomic E-state index is 11.9. The third kappa shape index (κ3) is 4.27.